The van der Waals surface area contributed by atoms with Crippen LogP contribution in [0.5, 0.6) is 0 Å². The van der Waals surface area contributed by atoms with Crippen molar-refractivity contribution in [3.05, 3.63) is 29.8 Å². The molecule has 0 fully saturated rings. The van der Waals surface area contributed by atoms with E-state index >= 15 is 0 Å². The van der Waals surface area contributed by atoms with E-state index in [9.17, 15) is 0 Å². The van der Waals surface area contributed by atoms with Gasteiger partial charge in [0.05, 0.1) is 6.07 Å². The summed E-state index contributed by atoms with van der Waals surface area (Å²) in [6.07, 6.45) is 0.846. The van der Waals surface area contributed by atoms with Crippen molar-refractivity contribution < 1.29 is 0 Å². The fraction of sp³-hybridized carbons (Fsp3) is 0.462. The molecule has 1 rings (SSSR count). The van der Waals surface area contributed by atoms with Crippen molar-refractivity contribution in [1.82, 2.24) is 5.32 Å². The van der Waals surface area contributed by atoms with E-state index in [-0.39, 0.29) is 0 Å². The Morgan fingerprint density at radius 2 is 2.12 bits per heavy atom. The van der Waals surface area contributed by atoms with Crippen LogP contribution >= 0.6 is 11.8 Å². The molecule has 0 aliphatic rings. The summed E-state index contributed by atoms with van der Waals surface area (Å²) in [5, 5.41) is 12.1. The first kappa shape index (κ1) is 13.1. The molecule has 1 aromatic carbocycles. The predicted octanol–water partition coefficient (Wildman–Crippen LogP) is 2.98. The summed E-state index contributed by atoms with van der Waals surface area (Å²) >= 11 is 1.81. The zero-order valence-electron chi connectivity index (χ0n) is 10.1. The van der Waals surface area contributed by atoms with Crippen LogP contribution in [0.1, 0.15) is 18.9 Å². The Balaban J connectivity index is 2.48. The third-order valence-corrected chi connectivity index (χ3v) is 3.93. The molecule has 0 bridgehead atoms. The normalized spacial score (nSPS) is 14.1. The van der Waals surface area contributed by atoms with Crippen LogP contribution in [0.2, 0.25) is 0 Å². The van der Waals surface area contributed by atoms with Gasteiger partial charge in [-0.15, -0.1) is 11.8 Å². The molecule has 1 N–H and O–H groups in total. The molecule has 86 valence electrons. The molecule has 1 aromatic rings. The average molecular weight is 234 g/mol. The molecule has 0 radical (unpaired) electrons. The van der Waals surface area contributed by atoms with Gasteiger partial charge in [-0.05, 0) is 38.9 Å². The van der Waals surface area contributed by atoms with Crippen molar-refractivity contribution in [3.8, 4) is 6.07 Å². The van der Waals surface area contributed by atoms with Crippen LogP contribution < -0.4 is 5.32 Å². The monoisotopic (exact) mass is 234 g/mol. The Morgan fingerprint density at radius 1 is 1.44 bits per heavy atom. The topological polar surface area (TPSA) is 35.8 Å². The van der Waals surface area contributed by atoms with E-state index < -0.39 is 5.54 Å². The highest BCUT2D eigenvalue weighted by molar-refractivity contribution is 7.99. The number of aryl methyl sites for hydroxylation is 1. The first-order chi connectivity index (χ1) is 7.61. The smallest absolute Gasteiger partial charge is 0.104 e. The fourth-order valence-corrected chi connectivity index (χ4v) is 2.52. The number of rotatable bonds is 5. The maximum absolute atomic E-state index is 9.02. The number of benzene rings is 1. The van der Waals surface area contributed by atoms with Crippen molar-refractivity contribution >= 4 is 11.8 Å². The molecule has 0 saturated carbocycles. The van der Waals surface area contributed by atoms with Crippen LogP contribution in [-0.4, -0.2) is 18.3 Å². The second-order valence-corrected chi connectivity index (χ2v) is 5.19. The second kappa shape index (κ2) is 5.93. The number of thioether (sulfide) groups is 1. The lowest BCUT2D eigenvalue weighted by Gasteiger charge is -2.20. The lowest BCUT2D eigenvalue weighted by Crippen LogP contribution is -2.38. The summed E-state index contributed by atoms with van der Waals surface area (Å²) < 4.78 is 0. The molecule has 2 nitrogen and oxygen atoms in total. The van der Waals surface area contributed by atoms with Gasteiger partial charge < -0.3 is 5.32 Å². The predicted molar refractivity (Wildman–Crippen MR) is 69.6 cm³/mol. The maximum atomic E-state index is 9.02. The van der Waals surface area contributed by atoms with Gasteiger partial charge in [-0.3, -0.25) is 0 Å². The number of hydrogen-bond donors (Lipinski definition) is 1. The third-order valence-electron chi connectivity index (χ3n) is 2.75. The molecule has 1 unspecified atom stereocenters. The van der Waals surface area contributed by atoms with Gasteiger partial charge in [0.15, 0.2) is 0 Å². The summed E-state index contributed by atoms with van der Waals surface area (Å²) in [4.78, 5) is 1.30. The minimum absolute atomic E-state index is 0.407. The van der Waals surface area contributed by atoms with Crippen LogP contribution in [0.4, 0.5) is 0 Å². The summed E-state index contributed by atoms with van der Waals surface area (Å²) in [6.45, 7) is 4.05. The van der Waals surface area contributed by atoms with Gasteiger partial charge in [-0.2, -0.15) is 5.26 Å². The average Bonchev–Trinajstić information content (AvgIpc) is 2.31. The molecule has 0 aliphatic carbocycles. The second-order valence-electron chi connectivity index (χ2n) is 4.06. The first-order valence-electron chi connectivity index (χ1n) is 5.40. The van der Waals surface area contributed by atoms with Crippen molar-refractivity contribution in [1.29, 1.82) is 5.26 Å². The largest absolute Gasteiger partial charge is 0.303 e. The molecule has 16 heavy (non-hydrogen) atoms. The number of hydrogen-bond acceptors (Lipinski definition) is 3. The van der Waals surface area contributed by atoms with Crippen molar-refractivity contribution in [2.45, 2.75) is 30.7 Å². The Labute approximate surface area is 102 Å². The quantitative estimate of drug-likeness (QED) is 0.796. The van der Waals surface area contributed by atoms with E-state index in [2.05, 4.69) is 36.5 Å². The molecule has 0 spiro atoms. The minimum Gasteiger partial charge on any atom is -0.303 e. The van der Waals surface area contributed by atoms with E-state index in [1.54, 1.807) is 0 Å². The van der Waals surface area contributed by atoms with E-state index in [1.165, 1.54) is 10.5 Å². The molecule has 0 amide bonds. The van der Waals surface area contributed by atoms with E-state index in [4.69, 9.17) is 5.26 Å². The number of nitrogens with one attached hydrogen (secondary N) is 1. The zero-order chi connectivity index (χ0) is 12.0. The molecule has 0 aliphatic heterocycles. The summed E-state index contributed by atoms with van der Waals surface area (Å²) in [5.41, 5.74) is 0.894. The highest BCUT2D eigenvalue weighted by Crippen LogP contribution is 2.24. The maximum Gasteiger partial charge on any atom is 0.104 e. The lowest BCUT2D eigenvalue weighted by molar-refractivity contribution is 0.479. The van der Waals surface area contributed by atoms with Crippen molar-refractivity contribution in [2.75, 3.05) is 12.8 Å². The molecule has 0 aromatic heterocycles. The minimum atomic E-state index is -0.407. The Morgan fingerprint density at radius 3 is 2.69 bits per heavy atom. The van der Waals surface area contributed by atoms with Crippen molar-refractivity contribution in [3.63, 3.8) is 0 Å². The van der Waals surface area contributed by atoms with E-state index in [1.807, 2.05) is 31.8 Å². The number of nitrogens with zero attached hydrogens (tertiary/aromatic N) is 1. The standard InChI is InChI=1S/C13H18N2S/c1-11-6-4-5-7-12(11)16-9-8-13(2,10-14)15-3/h4-7,15H,8-9H2,1-3H3. The Hall–Kier alpha value is -0.980. The summed E-state index contributed by atoms with van der Waals surface area (Å²) in [6, 6.07) is 10.6. The van der Waals surface area contributed by atoms with E-state index in [0.717, 1.165) is 12.2 Å². The van der Waals surface area contributed by atoms with Gasteiger partial charge in [0, 0.05) is 10.6 Å². The van der Waals surface area contributed by atoms with Gasteiger partial charge in [-0.1, -0.05) is 18.2 Å². The van der Waals surface area contributed by atoms with Crippen LogP contribution in [-0.2, 0) is 0 Å². The summed E-state index contributed by atoms with van der Waals surface area (Å²) in [5.74, 6) is 0.954. The van der Waals surface area contributed by atoms with Gasteiger partial charge in [0.2, 0.25) is 0 Å². The molecule has 0 saturated heterocycles. The fourth-order valence-electron chi connectivity index (χ4n) is 1.32. The highest BCUT2D eigenvalue weighted by atomic mass is 32.2. The lowest BCUT2D eigenvalue weighted by atomic mass is 10.0. The first-order valence-corrected chi connectivity index (χ1v) is 6.38. The Kier molecular flexibility index (Phi) is 4.85. The SMILES string of the molecule is CNC(C)(C#N)CCSc1ccccc1C. The molecular weight excluding hydrogens is 216 g/mol. The van der Waals surface area contributed by atoms with Gasteiger partial charge in [-0.25, -0.2) is 0 Å². The molecule has 0 heterocycles. The van der Waals surface area contributed by atoms with Crippen LogP contribution in [0.25, 0.3) is 0 Å². The van der Waals surface area contributed by atoms with Crippen LogP contribution in [0.3, 0.4) is 0 Å². The zero-order valence-corrected chi connectivity index (χ0v) is 10.9. The van der Waals surface area contributed by atoms with Gasteiger partial charge >= 0.3 is 0 Å². The van der Waals surface area contributed by atoms with Crippen LogP contribution in [0, 0.1) is 18.3 Å². The summed E-state index contributed by atoms with van der Waals surface area (Å²) in [7, 11) is 1.83. The van der Waals surface area contributed by atoms with Gasteiger partial charge in [0.25, 0.3) is 0 Å². The molecule has 1 atom stereocenters. The van der Waals surface area contributed by atoms with Crippen LogP contribution in [0.15, 0.2) is 29.2 Å². The Bertz CT molecular complexity index is 384. The third kappa shape index (κ3) is 3.55. The number of nitriles is 1. The van der Waals surface area contributed by atoms with Gasteiger partial charge in [0.1, 0.15) is 5.54 Å². The molecular formula is C13H18N2S. The highest BCUT2D eigenvalue weighted by Gasteiger charge is 2.20. The molecule has 3 heteroatoms. The van der Waals surface area contributed by atoms with Crippen molar-refractivity contribution in [2.24, 2.45) is 0 Å². The van der Waals surface area contributed by atoms with E-state index in [0.29, 0.717) is 0 Å².